The van der Waals surface area contributed by atoms with Crippen molar-refractivity contribution in [2.75, 3.05) is 5.73 Å². The highest BCUT2D eigenvalue weighted by Crippen LogP contribution is 2.29. The van der Waals surface area contributed by atoms with Crippen molar-refractivity contribution in [1.82, 2.24) is 9.55 Å². The smallest absolute Gasteiger partial charge is 0.243 e. The SMILES string of the molecule is CCC(C)(C(N)=O)n1c(N)nc2ccc(F)cc21. The van der Waals surface area contributed by atoms with E-state index < -0.39 is 17.3 Å². The van der Waals surface area contributed by atoms with Crippen molar-refractivity contribution in [2.45, 2.75) is 25.8 Å². The van der Waals surface area contributed by atoms with E-state index in [1.165, 1.54) is 22.8 Å². The molecule has 4 N–H and O–H groups in total. The minimum atomic E-state index is -1.02. The number of anilines is 1. The number of fused-ring (bicyclic) bond motifs is 1. The van der Waals surface area contributed by atoms with Gasteiger partial charge in [0.15, 0.2) is 0 Å². The zero-order valence-corrected chi connectivity index (χ0v) is 10.3. The van der Waals surface area contributed by atoms with E-state index >= 15 is 0 Å². The summed E-state index contributed by atoms with van der Waals surface area (Å²) < 4.78 is 14.8. The van der Waals surface area contributed by atoms with E-state index in [2.05, 4.69) is 4.98 Å². The fourth-order valence-electron chi connectivity index (χ4n) is 2.03. The maximum atomic E-state index is 13.3. The molecule has 0 fully saturated rings. The van der Waals surface area contributed by atoms with Crippen LogP contribution in [0.15, 0.2) is 18.2 Å². The van der Waals surface area contributed by atoms with Crippen LogP contribution in [0.4, 0.5) is 10.3 Å². The molecular formula is C12H15FN4O. The van der Waals surface area contributed by atoms with Crippen LogP contribution in [-0.2, 0) is 10.3 Å². The Hall–Kier alpha value is -2.11. The van der Waals surface area contributed by atoms with Crippen LogP contribution in [-0.4, -0.2) is 15.5 Å². The molecule has 18 heavy (non-hydrogen) atoms. The van der Waals surface area contributed by atoms with E-state index in [-0.39, 0.29) is 5.95 Å². The minimum absolute atomic E-state index is 0.152. The average Bonchev–Trinajstić information content (AvgIpc) is 2.63. The summed E-state index contributed by atoms with van der Waals surface area (Å²) in [5.74, 6) is -0.786. The van der Waals surface area contributed by atoms with E-state index in [0.29, 0.717) is 17.5 Å². The number of imidazole rings is 1. The largest absolute Gasteiger partial charge is 0.369 e. The van der Waals surface area contributed by atoms with Crippen LogP contribution in [0.3, 0.4) is 0 Å². The Kier molecular flexibility index (Phi) is 2.73. The molecule has 1 aromatic carbocycles. The topological polar surface area (TPSA) is 86.9 Å². The summed E-state index contributed by atoms with van der Waals surface area (Å²) in [6.07, 6.45) is 0.439. The van der Waals surface area contributed by atoms with Crippen molar-refractivity contribution in [3.8, 4) is 0 Å². The minimum Gasteiger partial charge on any atom is -0.369 e. The molecule has 96 valence electrons. The molecule has 1 amide bonds. The standard InChI is InChI=1S/C12H15FN4O/c1-3-12(2,10(14)18)17-9-6-7(13)4-5-8(9)16-11(17)15/h4-6H,3H2,1-2H3,(H2,14,18)(H2,15,16). The van der Waals surface area contributed by atoms with Gasteiger partial charge in [0.2, 0.25) is 11.9 Å². The molecule has 0 aliphatic carbocycles. The quantitative estimate of drug-likeness (QED) is 0.862. The second-order valence-electron chi connectivity index (χ2n) is 4.43. The number of carbonyl (C=O) groups excluding carboxylic acids is 1. The highest BCUT2D eigenvalue weighted by Gasteiger charge is 2.34. The first kappa shape index (κ1) is 12.3. The van der Waals surface area contributed by atoms with Crippen LogP contribution in [0.1, 0.15) is 20.3 Å². The Balaban J connectivity index is 2.81. The van der Waals surface area contributed by atoms with Gasteiger partial charge in [-0.25, -0.2) is 9.37 Å². The number of halogens is 1. The van der Waals surface area contributed by atoms with Crippen LogP contribution in [0.5, 0.6) is 0 Å². The lowest BCUT2D eigenvalue weighted by Crippen LogP contribution is -2.43. The number of primary amides is 1. The van der Waals surface area contributed by atoms with Gasteiger partial charge >= 0.3 is 0 Å². The molecule has 2 rings (SSSR count). The molecule has 0 aliphatic heterocycles. The van der Waals surface area contributed by atoms with Gasteiger partial charge in [-0.05, 0) is 31.5 Å². The first-order chi connectivity index (χ1) is 8.40. The van der Waals surface area contributed by atoms with Gasteiger partial charge in [0.1, 0.15) is 11.4 Å². The summed E-state index contributed by atoms with van der Waals surface area (Å²) in [6.45, 7) is 3.48. The molecule has 5 nitrogen and oxygen atoms in total. The van der Waals surface area contributed by atoms with E-state index in [0.717, 1.165) is 0 Å². The zero-order valence-electron chi connectivity index (χ0n) is 10.3. The number of amides is 1. The summed E-state index contributed by atoms with van der Waals surface area (Å²) in [4.78, 5) is 15.8. The summed E-state index contributed by atoms with van der Waals surface area (Å²) >= 11 is 0. The maximum Gasteiger partial charge on any atom is 0.243 e. The van der Waals surface area contributed by atoms with Gasteiger partial charge in [-0.2, -0.15) is 0 Å². The second kappa shape index (κ2) is 3.97. The number of benzene rings is 1. The lowest BCUT2D eigenvalue weighted by atomic mass is 9.97. The van der Waals surface area contributed by atoms with Gasteiger partial charge in [0.25, 0.3) is 0 Å². The molecule has 6 heteroatoms. The van der Waals surface area contributed by atoms with Gasteiger partial charge < -0.3 is 11.5 Å². The van der Waals surface area contributed by atoms with Crippen molar-refractivity contribution in [3.63, 3.8) is 0 Å². The Morgan fingerprint density at radius 2 is 2.22 bits per heavy atom. The second-order valence-corrected chi connectivity index (χ2v) is 4.43. The molecule has 1 unspecified atom stereocenters. The number of nitrogen functional groups attached to an aromatic ring is 1. The number of nitrogens with zero attached hydrogens (tertiary/aromatic N) is 2. The summed E-state index contributed by atoms with van der Waals surface area (Å²) in [5, 5.41) is 0. The van der Waals surface area contributed by atoms with Crippen molar-refractivity contribution >= 4 is 22.9 Å². The number of hydrogen-bond acceptors (Lipinski definition) is 3. The molecule has 0 saturated heterocycles. The van der Waals surface area contributed by atoms with Gasteiger partial charge in [0, 0.05) is 0 Å². The Bertz CT molecular complexity index is 622. The molecule has 1 heterocycles. The molecule has 1 atom stereocenters. The predicted octanol–water partition coefficient (Wildman–Crippen LogP) is 1.37. The maximum absolute atomic E-state index is 13.3. The van der Waals surface area contributed by atoms with Gasteiger partial charge in [-0.15, -0.1) is 0 Å². The number of aromatic nitrogens is 2. The third-order valence-electron chi connectivity index (χ3n) is 3.36. The van der Waals surface area contributed by atoms with Crippen molar-refractivity contribution in [3.05, 3.63) is 24.0 Å². The third kappa shape index (κ3) is 1.61. The molecule has 0 radical (unpaired) electrons. The fraction of sp³-hybridized carbons (Fsp3) is 0.333. The summed E-state index contributed by atoms with van der Waals surface area (Å²) in [5.41, 5.74) is 11.2. The van der Waals surface area contributed by atoms with E-state index in [1.54, 1.807) is 6.92 Å². The lowest BCUT2D eigenvalue weighted by molar-refractivity contribution is -0.125. The molecule has 1 aromatic heterocycles. The summed E-state index contributed by atoms with van der Waals surface area (Å²) in [7, 11) is 0. The monoisotopic (exact) mass is 250 g/mol. The van der Waals surface area contributed by atoms with E-state index in [1.807, 2.05) is 6.92 Å². The van der Waals surface area contributed by atoms with E-state index in [9.17, 15) is 9.18 Å². The molecule has 2 aromatic rings. The van der Waals surface area contributed by atoms with Crippen LogP contribution in [0.25, 0.3) is 11.0 Å². The predicted molar refractivity (Wildman–Crippen MR) is 67.2 cm³/mol. The fourth-order valence-corrected chi connectivity index (χ4v) is 2.03. The van der Waals surface area contributed by atoms with Crippen molar-refractivity contribution in [2.24, 2.45) is 5.73 Å². The molecule has 0 bridgehead atoms. The van der Waals surface area contributed by atoms with E-state index in [4.69, 9.17) is 11.5 Å². The number of carbonyl (C=O) groups is 1. The first-order valence-corrected chi connectivity index (χ1v) is 5.64. The van der Waals surface area contributed by atoms with Crippen LogP contribution >= 0.6 is 0 Å². The molecular weight excluding hydrogens is 235 g/mol. The summed E-state index contributed by atoms with van der Waals surface area (Å²) in [6, 6.07) is 4.12. The van der Waals surface area contributed by atoms with Gasteiger partial charge in [-0.1, -0.05) is 6.92 Å². The Labute approximate surface area is 104 Å². The van der Waals surface area contributed by atoms with Crippen LogP contribution in [0.2, 0.25) is 0 Å². The number of rotatable bonds is 3. The van der Waals surface area contributed by atoms with Gasteiger partial charge in [-0.3, -0.25) is 9.36 Å². The van der Waals surface area contributed by atoms with Crippen LogP contribution in [0, 0.1) is 5.82 Å². The molecule has 0 saturated carbocycles. The van der Waals surface area contributed by atoms with Crippen molar-refractivity contribution < 1.29 is 9.18 Å². The Morgan fingerprint density at radius 3 is 2.78 bits per heavy atom. The number of nitrogens with two attached hydrogens (primary N) is 2. The van der Waals surface area contributed by atoms with Crippen LogP contribution < -0.4 is 11.5 Å². The number of hydrogen-bond donors (Lipinski definition) is 2. The third-order valence-corrected chi connectivity index (χ3v) is 3.36. The highest BCUT2D eigenvalue weighted by molar-refractivity contribution is 5.87. The zero-order chi connectivity index (χ0) is 13.5. The first-order valence-electron chi connectivity index (χ1n) is 5.64. The van der Waals surface area contributed by atoms with Gasteiger partial charge in [0.05, 0.1) is 11.0 Å². The highest BCUT2D eigenvalue weighted by atomic mass is 19.1. The normalized spacial score (nSPS) is 14.6. The Morgan fingerprint density at radius 1 is 1.56 bits per heavy atom. The molecule has 0 aliphatic rings. The lowest BCUT2D eigenvalue weighted by Gasteiger charge is -2.27. The van der Waals surface area contributed by atoms with Crippen molar-refractivity contribution in [1.29, 1.82) is 0 Å². The molecule has 0 spiro atoms. The average molecular weight is 250 g/mol.